The third-order valence-electron chi connectivity index (χ3n) is 2.12. The molecule has 76 valence electrons. The molecule has 3 nitrogen and oxygen atoms in total. The highest BCUT2D eigenvalue weighted by atomic mass is 16.1. The van der Waals surface area contributed by atoms with Crippen molar-refractivity contribution in [1.82, 2.24) is 5.32 Å². The van der Waals surface area contributed by atoms with Gasteiger partial charge in [0.15, 0.2) is 0 Å². The first-order valence-corrected chi connectivity index (χ1v) is 4.65. The van der Waals surface area contributed by atoms with Crippen LogP contribution < -0.4 is 11.1 Å². The lowest BCUT2D eigenvalue weighted by atomic mass is 10.1. The van der Waals surface area contributed by atoms with Crippen molar-refractivity contribution in [2.24, 2.45) is 5.73 Å². The average Bonchev–Trinajstić information content (AvgIpc) is 2.10. The van der Waals surface area contributed by atoms with E-state index in [-0.39, 0.29) is 12.5 Å². The maximum absolute atomic E-state index is 10.5. The van der Waals surface area contributed by atoms with Gasteiger partial charge in [0, 0.05) is 6.54 Å². The second-order valence-electron chi connectivity index (χ2n) is 3.50. The van der Waals surface area contributed by atoms with Gasteiger partial charge in [-0.3, -0.25) is 4.79 Å². The molecule has 0 aliphatic rings. The molecule has 1 amide bonds. The van der Waals surface area contributed by atoms with Crippen LogP contribution in [0.1, 0.15) is 16.7 Å². The van der Waals surface area contributed by atoms with Crippen LogP contribution in [0.3, 0.4) is 0 Å². The van der Waals surface area contributed by atoms with Crippen LogP contribution in [0.4, 0.5) is 0 Å². The van der Waals surface area contributed by atoms with Crippen LogP contribution >= 0.6 is 0 Å². The van der Waals surface area contributed by atoms with E-state index in [1.807, 2.05) is 0 Å². The zero-order chi connectivity index (χ0) is 10.6. The summed E-state index contributed by atoms with van der Waals surface area (Å²) in [5, 5.41) is 2.99. The number of hydrogen-bond acceptors (Lipinski definition) is 2. The molecule has 3 N–H and O–H groups in total. The SMILES string of the molecule is Cc1ccc(C)c(CNCC(N)=O)c1. The van der Waals surface area contributed by atoms with E-state index in [9.17, 15) is 4.79 Å². The molecule has 0 unspecified atom stereocenters. The molecule has 0 radical (unpaired) electrons. The average molecular weight is 192 g/mol. The van der Waals surface area contributed by atoms with Crippen molar-refractivity contribution in [2.75, 3.05) is 6.54 Å². The van der Waals surface area contributed by atoms with E-state index in [0.29, 0.717) is 6.54 Å². The molecule has 0 atom stereocenters. The molecule has 1 rings (SSSR count). The zero-order valence-corrected chi connectivity index (χ0v) is 8.63. The summed E-state index contributed by atoms with van der Waals surface area (Å²) in [6.45, 7) is 5.03. The van der Waals surface area contributed by atoms with Crippen molar-refractivity contribution in [3.05, 3.63) is 34.9 Å². The van der Waals surface area contributed by atoms with Gasteiger partial charge >= 0.3 is 0 Å². The Labute approximate surface area is 84.3 Å². The Bertz CT molecular complexity index is 334. The van der Waals surface area contributed by atoms with Crippen LogP contribution in [0.25, 0.3) is 0 Å². The summed E-state index contributed by atoms with van der Waals surface area (Å²) in [6, 6.07) is 6.27. The monoisotopic (exact) mass is 192 g/mol. The van der Waals surface area contributed by atoms with Crippen molar-refractivity contribution in [2.45, 2.75) is 20.4 Å². The Morgan fingerprint density at radius 3 is 2.79 bits per heavy atom. The summed E-state index contributed by atoms with van der Waals surface area (Å²) in [5.74, 6) is -0.324. The fourth-order valence-electron chi connectivity index (χ4n) is 1.31. The minimum absolute atomic E-state index is 0.230. The van der Waals surface area contributed by atoms with E-state index < -0.39 is 0 Å². The smallest absolute Gasteiger partial charge is 0.231 e. The van der Waals surface area contributed by atoms with Crippen molar-refractivity contribution in [3.8, 4) is 0 Å². The molecule has 0 bridgehead atoms. The summed E-state index contributed by atoms with van der Waals surface area (Å²) in [4.78, 5) is 10.5. The number of carbonyl (C=O) groups is 1. The Morgan fingerprint density at radius 1 is 1.43 bits per heavy atom. The number of primary amides is 1. The number of aryl methyl sites for hydroxylation is 2. The van der Waals surface area contributed by atoms with Crippen molar-refractivity contribution < 1.29 is 4.79 Å². The van der Waals surface area contributed by atoms with Crippen LogP contribution in [0.2, 0.25) is 0 Å². The first-order chi connectivity index (χ1) is 6.59. The first-order valence-electron chi connectivity index (χ1n) is 4.65. The van der Waals surface area contributed by atoms with Gasteiger partial charge < -0.3 is 11.1 Å². The minimum Gasteiger partial charge on any atom is -0.369 e. The largest absolute Gasteiger partial charge is 0.369 e. The van der Waals surface area contributed by atoms with E-state index >= 15 is 0 Å². The van der Waals surface area contributed by atoms with Crippen molar-refractivity contribution in [3.63, 3.8) is 0 Å². The fraction of sp³-hybridized carbons (Fsp3) is 0.364. The third kappa shape index (κ3) is 3.18. The van der Waals surface area contributed by atoms with Crippen LogP contribution in [-0.2, 0) is 11.3 Å². The normalized spacial score (nSPS) is 10.1. The summed E-state index contributed by atoms with van der Waals surface area (Å²) < 4.78 is 0. The molecule has 0 heterocycles. The van der Waals surface area contributed by atoms with E-state index in [2.05, 4.69) is 37.4 Å². The van der Waals surface area contributed by atoms with Gasteiger partial charge in [0.25, 0.3) is 0 Å². The number of benzene rings is 1. The second-order valence-corrected chi connectivity index (χ2v) is 3.50. The number of rotatable bonds is 4. The van der Waals surface area contributed by atoms with Gasteiger partial charge in [-0.2, -0.15) is 0 Å². The lowest BCUT2D eigenvalue weighted by Gasteiger charge is -2.07. The van der Waals surface area contributed by atoms with Gasteiger partial charge in [0.1, 0.15) is 0 Å². The first kappa shape index (κ1) is 10.7. The number of carbonyl (C=O) groups excluding carboxylic acids is 1. The highest BCUT2D eigenvalue weighted by Crippen LogP contribution is 2.09. The highest BCUT2D eigenvalue weighted by Gasteiger charge is 1.99. The van der Waals surface area contributed by atoms with Crippen LogP contribution in [-0.4, -0.2) is 12.5 Å². The summed E-state index contributed by atoms with van der Waals surface area (Å²) >= 11 is 0. The number of amides is 1. The molecule has 0 spiro atoms. The standard InChI is InChI=1S/C11H16N2O/c1-8-3-4-9(2)10(5-8)6-13-7-11(12)14/h3-5,13H,6-7H2,1-2H3,(H2,12,14). The van der Waals surface area contributed by atoms with Crippen molar-refractivity contribution >= 4 is 5.91 Å². The zero-order valence-electron chi connectivity index (χ0n) is 8.63. The molecule has 0 saturated carbocycles. The van der Waals surface area contributed by atoms with Gasteiger partial charge in [-0.25, -0.2) is 0 Å². The number of nitrogens with two attached hydrogens (primary N) is 1. The predicted octanol–water partition coefficient (Wildman–Crippen LogP) is 0.878. The van der Waals surface area contributed by atoms with Gasteiger partial charge in [-0.1, -0.05) is 23.8 Å². The minimum atomic E-state index is -0.324. The summed E-state index contributed by atoms with van der Waals surface area (Å²) in [7, 11) is 0. The Kier molecular flexibility index (Phi) is 3.65. The van der Waals surface area contributed by atoms with E-state index in [0.717, 1.165) is 0 Å². The summed E-state index contributed by atoms with van der Waals surface area (Å²) in [5.41, 5.74) is 8.69. The maximum Gasteiger partial charge on any atom is 0.231 e. The van der Waals surface area contributed by atoms with Gasteiger partial charge in [0.2, 0.25) is 5.91 Å². The van der Waals surface area contributed by atoms with E-state index in [4.69, 9.17) is 5.73 Å². The Morgan fingerprint density at radius 2 is 2.14 bits per heavy atom. The topological polar surface area (TPSA) is 55.1 Å². The maximum atomic E-state index is 10.5. The van der Waals surface area contributed by atoms with Crippen LogP contribution in [0.15, 0.2) is 18.2 Å². The Balaban J connectivity index is 2.57. The van der Waals surface area contributed by atoms with Crippen molar-refractivity contribution in [1.29, 1.82) is 0 Å². The molecule has 1 aromatic carbocycles. The molecular formula is C11H16N2O. The number of hydrogen-bond donors (Lipinski definition) is 2. The molecular weight excluding hydrogens is 176 g/mol. The van der Waals surface area contributed by atoms with E-state index in [1.54, 1.807) is 0 Å². The van der Waals surface area contributed by atoms with Gasteiger partial charge in [0.05, 0.1) is 6.54 Å². The van der Waals surface area contributed by atoms with Crippen LogP contribution in [0, 0.1) is 13.8 Å². The molecule has 3 heteroatoms. The fourth-order valence-corrected chi connectivity index (χ4v) is 1.31. The summed E-state index contributed by atoms with van der Waals surface area (Å²) in [6.07, 6.45) is 0. The highest BCUT2D eigenvalue weighted by molar-refractivity contribution is 5.75. The quantitative estimate of drug-likeness (QED) is 0.744. The van der Waals surface area contributed by atoms with E-state index in [1.165, 1.54) is 16.7 Å². The van der Waals surface area contributed by atoms with Gasteiger partial charge in [-0.05, 0) is 25.0 Å². The molecule has 0 saturated heterocycles. The molecule has 0 aliphatic carbocycles. The molecule has 14 heavy (non-hydrogen) atoms. The number of nitrogens with one attached hydrogen (secondary N) is 1. The molecule has 0 fully saturated rings. The lowest BCUT2D eigenvalue weighted by Crippen LogP contribution is -2.28. The van der Waals surface area contributed by atoms with Crippen LogP contribution in [0.5, 0.6) is 0 Å². The Hall–Kier alpha value is -1.35. The van der Waals surface area contributed by atoms with Gasteiger partial charge in [-0.15, -0.1) is 0 Å². The third-order valence-corrected chi connectivity index (χ3v) is 2.12. The second kappa shape index (κ2) is 4.77. The molecule has 0 aromatic heterocycles. The molecule has 0 aliphatic heterocycles. The molecule has 1 aromatic rings. The predicted molar refractivity (Wildman–Crippen MR) is 56.8 cm³/mol. The lowest BCUT2D eigenvalue weighted by molar-refractivity contribution is -0.117.